The van der Waals surface area contributed by atoms with Crippen LogP contribution in [-0.4, -0.2) is 50.5 Å². The molecule has 2 heterocycles. The first-order valence-electron chi connectivity index (χ1n) is 11.4. The first kappa shape index (κ1) is 23.0. The topological polar surface area (TPSA) is 118 Å². The fourth-order valence-electron chi connectivity index (χ4n) is 4.43. The highest BCUT2D eigenvalue weighted by Crippen LogP contribution is 2.39. The zero-order valence-electron chi connectivity index (χ0n) is 19.4. The first-order chi connectivity index (χ1) is 15.1. The van der Waals surface area contributed by atoms with Crippen molar-refractivity contribution in [2.45, 2.75) is 51.5 Å². The van der Waals surface area contributed by atoms with Crippen molar-refractivity contribution in [1.29, 1.82) is 0 Å². The zero-order chi connectivity index (χ0) is 23.0. The summed E-state index contributed by atoms with van der Waals surface area (Å²) in [7, 11) is -0.00953. The Morgan fingerprint density at radius 1 is 1.16 bits per heavy atom. The molecule has 4 rings (SSSR count). The number of nitrogens with two attached hydrogens (primary N) is 1. The Morgan fingerprint density at radius 3 is 2.44 bits per heavy atom. The number of anilines is 2. The van der Waals surface area contributed by atoms with Crippen LogP contribution < -0.4 is 14.9 Å². The van der Waals surface area contributed by atoms with Crippen LogP contribution in [0.3, 0.4) is 0 Å². The number of hydrogen-bond donors (Lipinski definition) is 1. The van der Waals surface area contributed by atoms with Gasteiger partial charge in [0.15, 0.2) is 0 Å². The van der Waals surface area contributed by atoms with E-state index in [4.69, 9.17) is 10.2 Å². The number of sulfonamides is 1. The normalized spacial score (nSPS) is 22.5. The molecule has 0 aliphatic heterocycles. The highest BCUT2D eigenvalue weighted by atomic mass is 32.2. The molecule has 10 heteroatoms. The van der Waals surface area contributed by atoms with E-state index in [1.165, 1.54) is 37.0 Å². The summed E-state index contributed by atoms with van der Waals surface area (Å²) in [5, 5.41) is 8.47. The smallest absolute Gasteiger partial charge is 0.248 e. The molecule has 0 bridgehead atoms. The minimum Gasteiger partial charge on any atom is -0.419 e. The quantitative estimate of drug-likeness (QED) is 0.635. The van der Waals surface area contributed by atoms with Gasteiger partial charge in [0.05, 0.1) is 12.3 Å². The van der Waals surface area contributed by atoms with E-state index in [0.717, 1.165) is 25.6 Å². The molecule has 3 unspecified atom stereocenters. The van der Waals surface area contributed by atoms with Crippen LogP contribution in [-0.2, 0) is 10.0 Å². The Labute approximate surface area is 190 Å². The Kier molecular flexibility index (Phi) is 6.44. The summed E-state index contributed by atoms with van der Waals surface area (Å²) >= 11 is 0. The van der Waals surface area contributed by atoms with Gasteiger partial charge in [-0.05, 0) is 49.1 Å². The third-order valence-electron chi connectivity index (χ3n) is 6.92. The lowest BCUT2D eigenvalue weighted by atomic mass is 9.84. The van der Waals surface area contributed by atoms with E-state index < -0.39 is 10.0 Å². The Morgan fingerprint density at radius 2 is 1.81 bits per heavy atom. The third-order valence-corrected chi connectivity index (χ3v) is 8.11. The fraction of sp³-hybridized carbons (Fsp3) is 0.682. The van der Waals surface area contributed by atoms with E-state index in [9.17, 15) is 8.42 Å². The van der Waals surface area contributed by atoms with Gasteiger partial charge in [0.25, 0.3) is 0 Å². The van der Waals surface area contributed by atoms with Gasteiger partial charge in [0, 0.05) is 26.2 Å². The van der Waals surface area contributed by atoms with E-state index in [2.05, 4.69) is 27.0 Å². The second-order valence-corrected chi connectivity index (χ2v) is 11.5. The molecule has 2 aliphatic rings. The molecule has 2 fully saturated rings. The molecule has 176 valence electrons. The SMILES string of the molecule is CC1CC1CN(C)c1cc(-c2nnc(C(N)C3CCCCC3)o2)cc(N(C)S(C)(=O)=O)n1. The lowest BCUT2D eigenvalue weighted by Gasteiger charge is -2.25. The van der Waals surface area contributed by atoms with Crippen LogP contribution in [0.1, 0.15) is 57.4 Å². The minimum absolute atomic E-state index is 0.282. The average Bonchev–Trinajstić information content (AvgIpc) is 3.25. The van der Waals surface area contributed by atoms with Gasteiger partial charge in [0.2, 0.25) is 21.8 Å². The summed E-state index contributed by atoms with van der Waals surface area (Å²) in [4.78, 5) is 6.66. The van der Waals surface area contributed by atoms with E-state index in [-0.39, 0.29) is 6.04 Å². The maximum absolute atomic E-state index is 12.2. The van der Waals surface area contributed by atoms with Crippen LogP contribution in [0.2, 0.25) is 0 Å². The molecule has 0 aromatic carbocycles. The second-order valence-electron chi connectivity index (χ2n) is 9.53. The van der Waals surface area contributed by atoms with Crippen molar-refractivity contribution in [3.05, 3.63) is 18.0 Å². The van der Waals surface area contributed by atoms with E-state index in [1.807, 2.05) is 13.1 Å². The lowest BCUT2D eigenvalue weighted by Crippen LogP contribution is -2.27. The van der Waals surface area contributed by atoms with E-state index >= 15 is 0 Å². The van der Waals surface area contributed by atoms with Crippen LogP contribution in [0, 0.1) is 17.8 Å². The van der Waals surface area contributed by atoms with E-state index in [1.54, 1.807) is 6.07 Å². The summed E-state index contributed by atoms with van der Waals surface area (Å²) in [5.74, 6) is 3.43. The molecule has 2 aromatic heterocycles. The molecule has 0 radical (unpaired) electrons. The Balaban J connectivity index is 1.64. The minimum atomic E-state index is -3.47. The van der Waals surface area contributed by atoms with Crippen LogP contribution in [0.15, 0.2) is 16.5 Å². The summed E-state index contributed by atoms with van der Waals surface area (Å²) < 4.78 is 31.5. The number of nitrogens with zero attached hydrogens (tertiary/aromatic N) is 5. The van der Waals surface area contributed by atoms with Crippen molar-refractivity contribution < 1.29 is 12.8 Å². The van der Waals surface area contributed by atoms with Gasteiger partial charge in [0.1, 0.15) is 11.6 Å². The number of hydrogen-bond acceptors (Lipinski definition) is 8. The summed E-state index contributed by atoms with van der Waals surface area (Å²) in [5.41, 5.74) is 7.08. The zero-order valence-corrected chi connectivity index (χ0v) is 20.2. The molecule has 0 spiro atoms. The molecular formula is C22H34N6O3S. The van der Waals surface area contributed by atoms with Crippen LogP contribution in [0.5, 0.6) is 0 Å². The molecule has 0 amide bonds. The van der Waals surface area contributed by atoms with Crippen molar-refractivity contribution in [2.24, 2.45) is 23.5 Å². The van der Waals surface area contributed by atoms with Gasteiger partial charge in [-0.15, -0.1) is 10.2 Å². The van der Waals surface area contributed by atoms with E-state index in [0.29, 0.717) is 46.7 Å². The molecule has 3 atom stereocenters. The van der Waals surface area contributed by atoms with Crippen molar-refractivity contribution in [2.75, 3.05) is 36.1 Å². The van der Waals surface area contributed by atoms with Crippen LogP contribution in [0.25, 0.3) is 11.5 Å². The standard InChI is InChI=1S/C22H34N6O3S/c1-14-10-17(14)13-27(2)18-11-16(12-19(24-18)28(3)32(4,29)30)21-25-26-22(31-21)20(23)15-8-6-5-7-9-15/h11-12,14-15,17,20H,5-10,13,23H2,1-4H3. The van der Waals surface area contributed by atoms with Crippen molar-refractivity contribution >= 4 is 21.7 Å². The average molecular weight is 463 g/mol. The van der Waals surface area contributed by atoms with Gasteiger partial charge < -0.3 is 15.1 Å². The predicted octanol–water partition coefficient (Wildman–Crippen LogP) is 3.20. The van der Waals surface area contributed by atoms with Gasteiger partial charge in [-0.3, -0.25) is 4.31 Å². The number of rotatable bonds is 8. The van der Waals surface area contributed by atoms with Gasteiger partial charge in [-0.2, -0.15) is 0 Å². The van der Waals surface area contributed by atoms with Crippen LogP contribution >= 0.6 is 0 Å². The Hall–Kier alpha value is -2.20. The highest BCUT2D eigenvalue weighted by Gasteiger charge is 2.34. The first-order valence-corrected chi connectivity index (χ1v) is 13.2. The monoisotopic (exact) mass is 462 g/mol. The predicted molar refractivity (Wildman–Crippen MR) is 125 cm³/mol. The molecular weight excluding hydrogens is 428 g/mol. The summed E-state index contributed by atoms with van der Waals surface area (Å²) in [6.07, 6.45) is 8.12. The third kappa shape index (κ3) is 5.06. The van der Waals surface area contributed by atoms with Crippen molar-refractivity contribution in [3.63, 3.8) is 0 Å². The van der Waals surface area contributed by atoms with Gasteiger partial charge in [-0.1, -0.05) is 26.2 Å². The van der Waals surface area contributed by atoms with Crippen molar-refractivity contribution in [3.8, 4) is 11.5 Å². The highest BCUT2D eigenvalue weighted by molar-refractivity contribution is 7.92. The molecule has 2 N–H and O–H groups in total. The molecule has 2 saturated carbocycles. The summed E-state index contributed by atoms with van der Waals surface area (Å²) in [6, 6.07) is 3.26. The van der Waals surface area contributed by atoms with Gasteiger partial charge in [-0.25, -0.2) is 13.4 Å². The molecule has 9 nitrogen and oxygen atoms in total. The maximum atomic E-state index is 12.2. The summed E-state index contributed by atoms with van der Waals surface area (Å²) in [6.45, 7) is 3.10. The lowest BCUT2D eigenvalue weighted by molar-refractivity contribution is 0.276. The van der Waals surface area contributed by atoms with Gasteiger partial charge >= 0.3 is 0 Å². The maximum Gasteiger partial charge on any atom is 0.248 e. The van der Waals surface area contributed by atoms with Crippen molar-refractivity contribution in [1.82, 2.24) is 15.2 Å². The molecule has 2 aliphatic carbocycles. The Bertz CT molecular complexity index is 1050. The molecule has 32 heavy (non-hydrogen) atoms. The molecule has 2 aromatic rings. The molecule has 0 saturated heterocycles. The number of aromatic nitrogens is 3. The number of pyridine rings is 1. The fourth-order valence-corrected chi connectivity index (χ4v) is 4.86. The second kappa shape index (κ2) is 8.97. The largest absolute Gasteiger partial charge is 0.419 e. The van der Waals surface area contributed by atoms with Crippen LogP contribution in [0.4, 0.5) is 11.6 Å².